The Morgan fingerprint density at radius 1 is 1.22 bits per heavy atom. The average Bonchev–Trinajstić information content (AvgIpc) is 2.84. The molecule has 1 aromatic carbocycles. The summed E-state index contributed by atoms with van der Waals surface area (Å²) >= 11 is 0. The standard InChI is InChI=1S/C21H30N4O2/c1-21(2)14-25(8-7-19(21)22)13-16-12-24(3)23-20(16)15-5-6-17-18(11-15)27-10-4-9-26-17/h5-6,11-12,19H,4,7-10,13-14,22H2,1-3H3. The lowest BCUT2D eigenvalue weighted by molar-refractivity contribution is 0.0900. The first-order valence-corrected chi connectivity index (χ1v) is 9.83. The van der Waals surface area contributed by atoms with E-state index in [-0.39, 0.29) is 11.5 Å². The molecule has 2 aliphatic heterocycles. The van der Waals surface area contributed by atoms with E-state index in [2.05, 4.69) is 37.1 Å². The average molecular weight is 370 g/mol. The second-order valence-electron chi connectivity index (χ2n) is 8.48. The Morgan fingerprint density at radius 3 is 2.78 bits per heavy atom. The molecule has 4 rings (SSSR count). The molecule has 2 aromatic rings. The number of nitrogens with two attached hydrogens (primary N) is 1. The van der Waals surface area contributed by atoms with Crippen LogP contribution in [0.2, 0.25) is 0 Å². The molecule has 1 saturated heterocycles. The minimum atomic E-state index is 0.135. The van der Waals surface area contributed by atoms with Gasteiger partial charge >= 0.3 is 0 Å². The highest BCUT2D eigenvalue weighted by molar-refractivity contribution is 5.66. The van der Waals surface area contributed by atoms with Crippen molar-refractivity contribution in [3.63, 3.8) is 0 Å². The van der Waals surface area contributed by atoms with Gasteiger partial charge in [-0.2, -0.15) is 5.10 Å². The van der Waals surface area contributed by atoms with Gasteiger partial charge in [0.25, 0.3) is 0 Å². The second kappa shape index (κ2) is 7.17. The van der Waals surface area contributed by atoms with Crippen molar-refractivity contribution in [2.24, 2.45) is 18.2 Å². The van der Waals surface area contributed by atoms with Gasteiger partial charge in [0, 0.05) is 56.5 Å². The molecule has 3 heterocycles. The number of aryl methyl sites for hydroxylation is 1. The summed E-state index contributed by atoms with van der Waals surface area (Å²) in [6.45, 7) is 8.83. The summed E-state index contributed by atoms with van der Waals surface area (Å²) in [5, 5.41) is 4.74. The number of piperidine rings is 1. The molecule has 0 saturated carbocycles. The quantitative estimate of drug-likeness (QED) is 0.900. The molecule has 0 amide bonds. The first-order valence-electron chi connectivity index (χ1n) is 9.83. The highest BCUT2D eigenvalue weighted by atomic mass is 16.5. The normalized spacial score (nSPS) is 22.4. The summed E-state index contributed by atoms with van der Waals surface area (Å²) < 4.78 is 13.5. The number of hydrogen-bond donors (Lipinski definition) is 1. The molecule has 27 heavy (non-hydrogen) atoms. The van der Waals surface area contributed by atoms with Gasteiger partial charge < -0.3 is 15.2 Å². The highest BCUT2D eigenvalue weighted by Crippen LogP contribution is 2.35. The van der Waals surface area contributed by atoms with E-state index in [1.54, 1.807) is 0 Å². The molecule has 1 unspecified atom stereocenters. The largest absolute Gasteiger partial charge is 0.490 e. The van der Waals surface area contributed by atoms with Crippen LogP contribution in [-0.4, -0.2) is 47.0 Å². The van der Waals surface area contributed by atoms with Crippen LogP contribution in [0.5, 0.6) is 11.5 Å². The number of likely N-dealkylation sites (tertiary alicyclic amines) is 1. The maximum Gasteiger partial charge on any atom is 0.161 e. The van der Waals surface area contributed by atoms with Crippen LogP contribution in [0.3, 0.4) is 0 Å². The molecule has 0 aliphatic carbocycles. The van der Waals surface area contributed by atoms with Crippen LogP contribution in [0.25, 0.3) is 11.3 Å². The van der Waals surface area contributed by atoms with Crippen molar-refractivity contribution in [2.75, 3.05) is 26.3 Å². The van der Waals surface area contributed by atoms with Crippen molar-refractivity contribution in [1.29, 1.82) is 0 Å². The zero-order valence-electron chi connectivity index (χ0n) is 16.6. The SMILES string of the molecule is Cn1cc(CN2CCC(N)C(C)(C)C2)c(-c2ccc3c(c2)OCCCO3)n1. The fourth-order valence-electron chi connectivity index (χ4n) is 4.07. The van der Waals surface area contributed by atoms with Crippen LogP contribution in [0, 0.1) is 5.41 Å². The third kappa shape index (κ3) is 3.82. The van der Waals surface area contributed by atoms with Crippen LogP contribution in [0.4, 0.5) is 0 Å². The molecule has 0 radical (unpaired) electrons. The summed E-state index contributed by atoms with van der Waals surface area (Å²) in [4.78, 5) is 2.49. The van der Waals surface area contributed by atoms with Gasteiger partial charge in [-0.05, 0) is 30.0 Å². The Balaban J connectivity index is 1.59. The predicted octanol–water partition coefficient (Wildman–Crippen LogP) is 2.81. The Bertz CT molecular complexity index is 815. The Labute approximate surface area is 161 Å². The molecule has 6 nitrogen and oxygen atoms in total. The van der Waals surface area contributed by atoms with Gasteiger partial charge in [-0.25, -0.2) is 0 Å². The molecular weight excluding hydrogens is 340 g/mol. The zero-order valence-corrected chi connectivity index (χ0v) is 16.6. The predicted molar refractivity (Wildman–Crippen MR) is 106 cm³/mol. The fraction of sp³-hybridized carbons (Fsp3) is 0.571. The van der Waals surface area contributed by atoms with Crippen LogP contribution in [-0.2, 0) is 13.6 Å². The number of rotatable bonds is 3. The Kier molecular flexibility index (Phi) is 4.86. The summed E-state index contributed by atoms with van der Waals surface area (Å²) in [6.07, 6.45) is 4.07. The highest BCUT2D eigenvalue weighted by Gasteiger charge is 2.33. The summed E-state index contributed by atoms with van der Waals surface area (Å²) in [5.41, 5.74) is 9.76. The third-order valence-corrected chi connectivity index (χ3v) is 5.71. The first kappa shape index (κ1) is 18.3. The van der Waals surface area contributed by atoms with Crippen LogP contribution in [0.1, 0.15) is 32.3 Å². The first-order chi connectivity index (χ1) is 12.9. The van der Waals surface area contributed by atoms with E-state index in [0.717, 1.165) is 55.2 Å². The van der Waals surface area contributed by atoms with Gasteiger partial charge in [-0.3, -0.25) is 9.58 Å². The van der Waals surface area contributed by atoms with Gasteiger partial charge in [0.05, 0.1) is 18.9 Å². The zero-order chi connectivity index (χ0) is 19.0. The summed E-state index contributed by atoms with van der Waals surface area (Å²) in [5.74, 6) is 1.63. The molecule has 1 fully saturated rings. The molecule has 146 valence electrons. The number of hydrogen-bond acceptors (Lipinski definition) is 5. The maximum absolute atomic E-state index is 6.30. The van der Waals surface area contributed by atoms with E-state index in [1.807, 2.05) is 17.8 Å². The second-order valence-corrected chi connectivity index (χ2v) is 8.48. The van der Waals surface area contributed by atoms with E-state index in [0.29, 0.717) is 13.2 Å². The lowest BCUT2D eigenvalue weighted by atomic mass is 9.79. The van der Waals surface area contributed by atoms with Crippen molar-refractivity contribution in [2.45, 2.75) is 39.3 Å². The molecular formula is C21H30N4O2. The van der Waals surface area contributed by atoms with Crippen LogP contribution >= 0.6 is 0 Å². The van der Waals surface area contributed by atoms with E-state index in [9.17, 15) is 0 Å². The number of benzene rings is 1. The topological polar surface area (TPSA) is 65.5 Å². The number of fused-ring (bicyclic) bond motifs is 1. The monoisotopic (exact) mass is 370 g/mol. The van der Waals surface area contributed by atoms with Gasteiger partial charge in [0.1, 0.15) is 0 Å². The van der Waals surface area contributed by atoms with Crippen LogP contribution in [0.15, 0.2) is 24.4 Å². The Morgan fingerprint density at radius 2 is 2.00 bits per heavy atom. The molecule has 6 heteroatoms. The molecule has 2 aliphatic rings. The third-order valence-electron chi connectivity index (χ3n) is 5.71. The van der Waals surface area contributed by atoms with E-state index in [4.69, 9.17) is 20.3 Å². The van der Waals surface area contributed by atoms with Crippen LogP contribution < -0.4 is 15.2 Å². The summed E-state index contributed by atoms with van der Waals surface area (Å²) in [7, 11) is 1.98. The van der Waals surface area contributed by atoms with Crippen molar-refractivity contribution < 1.29 is 9.47 Å². The van der Waals surface area contributed by atoms with Crippen molar-refractivity contribution >= 4 is 0 Å². The molecule has 0 spiro atoms. The molecule has 0 bridgehead atoms. The number of aromatic nitrogens is 2. The van der Waals surface area contributed by atoms with Crippen molar-refractivity contribution in [3.8, 4) is 22.8 Å². The lowest BCUT2D eigenvalue weighted by Gasteiger charge is -2.42. The minimum Gasteiger partial charge on any atom is -0.490 e. The lowest BCUT2D eigenvalue weighted by Crippen LogP contribution is -2.52. The van der Waals surface area contributed by atoms with Crippen molar-refractivity contribution in [1.82, 2.24) is 14.7 Å². The van der Waals surface area contributed by atoms with Gasteiger partial charge in [0.15, 0.2) is 11.5 Å². The van der Waals surface area contributed by atoms with E-state index >= 15 is 0 Å². The Hall–Kier alpha value is -2.05. The fourth-order valence-corrected chi connectivity index (χ4v) is 4.07. The van der Waals surface area contributed by atoms with E-state index < -0.39 is 0 Å². The van der Waals surface area contributed by atoms with Gasteiger partial charge in [-0.1, -0.05) is 13.8 Å². The van der Waals surface area contributed by atoms with Crippen molar-refractivity contribution in [3.05, 3.63) is 30.0 Å². The molecule has 1 aromatic heterocycles. The molecule has 2 N–H and O–H groups in total. The smallest absolute Gasteiger partial charge is 0.161 e. The number of nitrogens with zero attached hydrogens (tertiary/aromatic N) is 3. The maximum atomic E-state index is 6.30. The van der Waals surface area contributed by atoms with Gasteiger partial charge in [0.2, 0.25) is 0 Å². The van der Waals surface area contributed by atoms with E-state index in [1.165, 1.54) is 5.56 Å². The minimum absolute atomic E-state index is 0.135. The van der Waals surface area contributed by atoms with Gasteiger partial charge in [-0.15, -0.1) is 0 Å². The number of ether oxygens (including phenoxy) is 2. The molecule has 1 atom stereocenters. The summed E-state index contributed by atoms with van der Waals surface area (Å²) in [6, 6.07) is 6.40.